The third-order valence-electron chi connectivity index (χ3n) is 6.05. The Kier molecular flexibility index (Phi) is 4.74. The molecule has 7 nitrogen and oxygen atoms in total. The third kappa shape index (κ3) is 3.55. The van der Waals surface area contributed by atoms with Gasteiger partial charge < -0.3 is 18.8 Å². The molecular formula is C21H27BN2O5. The first-order chi connectivity index (χ1) is 13.6. The Labute approximate surface area is 171 Å². The molecule has 29 heavy (non-hydrogen) atoms. The van der Waals surface area contributed by atoms with E-state index >= 15 is 0 Å². The van der Waals surface area contributed by atoms with Crippen molar-refractivity contribution in [3.63, 3.8) is 0 Å². The van der Waals surface area contributed by atoms with Crippen LogP contribution in [0.4, 0.5) is 0 Å². The average molecular weight is 398 g/mol. The van der Waals surface area contributed by atoms with Gasteiger partial charge in [0.1, 0.15) is 11.5 Å². The summed E-state index contributed by atoms with van der Waals surface area (Å²) in [5.41, 5.74) is 0.798. The van der Waals surface area contributed by atoms with E-state index in [-0.39, 0.29) is 11.5 Å². The van der Waals surface area contributed by atoms with Crippen LogP contribution in [-0.2, 0) is 9.31 Å². The van der Waals surface area contributed by atoms with E-state index in [9.17, 15) is 4.79 Å². The Morgan fingerprint density at radius 1 is 1.00 bits per heavy atom. The number of hydrogen-bond acceptors (Lipinski definition) is 6. The third-order valence-corrected chi connectivity index (χ3v) is 6.05. The van der Waals surface area contributed by atoms with Gasteiger partial charge in [0.25, 0.3) is 5.56 Å². The van der Waals surface area contributed by atoms with Crippen LogP contribution in [0.2, 0.25) is 0 Å². The maximum Gasteiger partial charge on any atom is 0.516 e. The van der Waals surface area contributed by atoms with E-state index in [1.54, 1.807) is 32.4 Å². The Balaban J connectivity index is 1.85. The second-order valence-corrected chi connectivity index (χ2v) is 8.67. The Morgan fingerprint density at radius 3 is 2.03 bits per heavy atom. The number of hydrogen-bond donors (Lipinski definition) is 0. The van der Waals surface area contributed by atoms with Crippen molar-refractivity contribution in [3.05, 3.63) is 40.2 Å². The molecule has 0 spiro atoms. The van der Waals surface area contributed by atoms with Crippen LogP contribution in [0.15, 0.2) is 29.1 Å². The molecule has 1 aliphatic heterocycles. The van der Waals surface area contributed by atoms with E-state index in [0.717, 1.165) is 18.4 Å². The van der Waals surface area contributed by atoms with Gasteiger partial charge >= 0.3 is 7.12 Å². The molecule has 2 aromatic rings. The molecule has 154 valence electrons. The average Bonchev–Trinajstić information content (AvgIpc) is 3.48. The smallest absolute Gasteiger partial charge is 0.497 e. The molecular weight excluding hydrogens is 371 g/mol. The van der Waals surface area contributed by atoms with Gasteiger partial charge in [-0.1, -0.05) is 0 Å². The van der Waals surface area contributed by atoms with Crippen molar-refractivity contribution in [1.29, 1.82) is 0 Å². The fraction of sp³-hybridized carbons (Fsp3) is 0.524. The van der Waals surface area contributed by atoms with E-state index in [1.165, 1.54) is 4.68 Å². The highest BCUT2D eigenvalue weighted by atomic mass is 16.7. The van der Waals surface area contributed by atoms with Crippen molar-refractivity contribution in [3.8, 4) is 17.2 Å². The summed E-state index contributed by atoms with van der Waals surface area (Å²) >= 11 is 0. The lowest BCUT2D eigenvalue weighted by Crippen LogP contribution is -2.42. The van der Waals surface area contributed by atoms with Gasteiger partial charge in [0.2, 0.25) is 0 Å². The lowest BCUT2D eigenvalue weighted by molar-refractivity contribution is 0.00578. The molecule has 0 radical (unpaired) electrons. The van der Waals surface area contributed by atoms with Gasteiger partial charge in [0, 0.05) is 23.8 Å². The van der Waals surface area contributed by atoms with Gasteiger partial charge in [-0.3, -0.25) is 4.79 Å². The van der Waals surface area contributed by atoms with E-state index in [2.05, 4.69) is 5.10 Å². The standard InChI is InChI=1S/C21H27BN2O5/c1-20(2)21(3,4)29-22(28-20)18-12-17(13-7-8-13)19(25)24(23-18)14-9-15(26-5)11-16(10-14)27-6/h9-13H,7-8H2,1-6H3. The molecule has 1 aromatic heterocycles. The van der Waals surface area contributed by atoms with Gasteiger partial charge in [-0.15, -0.1) is 0 Å². The van der Waals surface area contributed by atoms with Gasteiger partial charge in [-0.05, 0) is 52.5 Å². The zero-order valence-corrected chi connectivity index (χ0v) is 17.8. The van der Waals surface area contributed by atoms with Crippen LogP contribution in [0.25, 0.3) is 5.69 Å². The van der Waals surface area contributed by atoms with E-state index in [1.807, 2.05) is 33.8 Å². The molecule has 2 aliphatic rings. The molecule has 1 saturated carbocycles. The molecule has 0 amide bonds. The second-order valence-electron chi connectivity index (χ2n) is 8.67. The highest BCUT2D eigenvalue weighted by Gasteiger charge is 2.52. The minimum atomic E-state index is -0.642. The van der Waals surface area contributed by atoms with Gasteiger partial charge in [-0.2, -0.15) is 9.78 Å². The first-order valence-corrected chi connectivity index (χ1v) is 9.88. The lowest BCUT2D eigenvalue weighted by Gasteiger charge is -2.32. The van der Waals surface area contributed by atoms with E-state index in [4.69, 9.17) is 18.8 Å². The number of nitrogens with zero attached hydrogens (tertiary/aromatic N) is 2. The number of ether oxygens (including phenoxy) is 2. The first-order valence-electron chi connectivity index (χ1n) is 9.88. The highest BCUT2D eigenvalue weighted by molar-refractivity contribution is 6.61. The van der Waals surface area contributed by atoms with Crippen molar-refractivity contribution in [2.75, 3.05) is 14.2 Å². The largest absolute Gasteiger partial charge is 0.516 e. The van der Waals surface area contributed by atoms with Gasteiger partial charge in [-0.25, -0.2) is 0 Å². The topological polar surface area (TPSA) is 71.8 Å². The molecule has 1 aliphatic carbocycles. The molecule has 4 rings (SSSR count). The molecule has 2 heterocycles. The Hall–Kier alpha value is -2.32. The van der Waals surface area contributed by atoms with Gasteiger partial charge in [0.05, 0.1) is 36.7 Å². The summed E-state index contributed by atoms with van der Waals surface area (Å²) < 4.78 is 24.5. The van der Waals surface area contributed by atoms with Crippen LogP contribution in [0.3, 0.4) is 0 Å². The minimum absolute atomic E-state index is 0.136. The molecule has 1 aromatic carbocycles. The Bertz CT molecular complexity index is 959. The van der Waals surface area contributed by atoms with Crippen LogP contribution in [0, 0.1) is 0 Å². The number of aromatic nitrogens is 2. The summed E-state index contributed by atoms with van der Waals surface area (Å²) in [7, 11) is 2.51. The summed E-state index contributed by atoms with van der Waals surface area (Å²) in [6.45, 7) is 7.99. The summed E-state index contributed by atoms with van der Waals surface area (Å²) in [6.07, 6.45) is 2.01. The molecule has 0 bridgehead atoms. The minimum Gasteiger partial charge on any atom is -0.497 e. The first kappa shape index (κ1) is 20.0. The lowest BCUT2D eigenvalue weighted by atomic mass is 9.83. The summed E-state index contributed by atoms with van der Waals surface area (Å²) in [4.78, 5) is 13.2. The van der Waals surface area contributed by atoms with Crippen LogP contribution in [0.5, 0.6) is 11.5 Å². The maximum atomic E-state index is 13.2. The van der Waals surface area contributed by atoms with Crippen LogP contribution in [-0.4, -0.2) is 42.3 Å². The van der Waals surface area contributed by atoms with Crippen molar-refractivity contribution in [2.45, 2.75) is 57.7 Å². The predicted octanol–water partition coefficient (Wildman–Crippen LogP) is 2.43. The van der Waals surface area contributed by atoms with E-state index in [0.29, 0.717) is 22.8 Å². The monoisotopic (exact) mass is 398 g/mol. The van der Waals surface area contributed by atoms with Crippen LogP contribution < -0.4 is 20.6 Å². The number of benzene rings is 1. The number of methoxy groups -OCH3 is 2. The van der Waals surface area contributed by atoms with Crippen LogP contribution in [0.1, 0.15) is 52.0 Å². The molecule has 8 heteroatoms. The van der Waals surface area contributed by atoms with Crippen molar-refractivity contribution in [1.82, 2.24) is 9.78 Å². The summed E-state index contributed by atoms with van der Waals surface area (Å²) in [6, 6.07) is 7.13. The second kappa shape index (κ2) is 6.88. The zero-order chi connectivity index (χ0) is 21.0. The SMILES string of the molecule is COc1cc(OC)cc(-n2nc(B3OC(C)(C)C(C)(C)O3)cc(C3CC3)c2=O)c1. The fourth-order valence-electron chi connectivity index (χ4n) is 3.39. The molecule has 0 atom stereocenters. The maximum absolute atomic E-state index is 13.2. The predicted molar refractivity (Wildman–Crippen MR) is 111 cm³/mol. The normalized spacial score (nSPS) is 20.0. The Morgan fingerprint density at radius 2 is 1.55 bits per heavy atom. The van der Waals surface area contributed by atoms with E-state index < -0.39 is 18.3 Å². The highest BCUT2D eigenvalue weighted by Crippen LogP contribution is 2.39. The molecule has 2 fully saturated rings. The number of rotatable bonds is 5. The van der Waals surface area contributed by atoms with Crippen molar-refractivity contribution in [2.24, 2.45) is 0 Å². The van der Waals surface area contributed by atoms with Crippen LogP contribution >= 0.6 is 0 Å². The molecule has 0 N–H and O–H groups in total. The quantitative estimate of drug-likeness (QED) is 0.721. The summed E-state index contributed by atoms with van der Waals surface area (Å²) in [5, 5.41) is 4.62. The fourth-order valence-corrected chi connectivity index (χ4v) is 3.39. The molecule has 0 unspecified atom stereocenters. The van der Waals surface area contributed by atoms with Crippen molar-refractivity contribution < 1.29 is 18.8 Å². The van der Waals surface area contributed by atoms with Crippen molar-refractivity contribution >= 4 is 12.7 Å². The van der Waals surface area contributed by atoms with Gasteiger partial charge in [0.15, 0.2) is 0 Å². The molecule has 1 saturated heterocycles. The zero-order valence-electron chi connectivity index (χ0n) is 17.8. The summed E-state index contributed by atoms with van der Waals surface area (Å²) in [5.74, 6) is 1.43.